The van der Waals surface area contributed by atoms with Crippen molar-refractivity contribution in [1.82, 2.24) is 25.9 Å². The summed E-state index contributed by atoms with van der Waals surface area (Å²) in [6.45, 7) is 18.5. The lowest BCUT2D eigenvalue weighted by atomic mass is 9.45. The average molecular weight is 752 g/mol. The van der Waals surface area contributed by atoms with Gasteiger partial charge in [-0.15, -0.1) is 0 Å². The predicted octanol–water partition coefficient (Wildman–Crippen LogP) is 4.04. The molecule has 1 aromatic carbocycles. The number of ether oxygens (including phenoxy) is 1. The Hall–Kier alpha value is -3.55. The number of amides is 3. The van der Waals surface area contributed by atoms with Crippen molar-refractivity contribution in [3.8, 4) is 5.75 Å². The summed E-state index contributed by atoms with van der Waals surface area (Å²) in [6, 6.07) is 4.62. The number of para-hydroxylation sites is 1. The highest BCUT2D eigenvalue weighted by atomic mass is 16.7. The number of hydrogen-bond acceptors (Lipinski definition) is 9. The van der Waals surface area contributed by atoms with E-state index in [1.54, 1.807) is 24.1 Å². The van der Waals surface area contributed by atoms with Gasteiger partial charge in [-0.1, -0.05) is 59.4 Å². The van der Waals surface area contributed by atoms with Crippen LogP contribution in [0, 0.1) is 35.0 Å². The zero-order chi connectivity index (χ0) is 40.1. The number of carbonyl (C=O) groups excluding carboxylic acids is 3. The van der Waals surface area contributed by atoms with Crippen LogP contribution >= 0.6 is 0 Å². The molecule has 4 aliphatic rings. The molecular formula is C42H65N5O7. The molecule has 1 heterocycles. The van der Waals surface area contributed by atoms with Crippen molar-refractivity contribution in [1.29, 1.82) is 0 Å². The van der Waals surface area contributed by atoms with Crippen LogP contribution in [-0.2, 0) is 25.8 Å². The Morgan fingerprint density at radius 1 is 1.17 bits per heavy atom. The van der Waals surface area contributed by atoms with Crippen LogP contribution in [0.15, 0.2) is 48.7 Å². The Bertz CT molecular complexity index is 1560. The highest BCUT2D eigenvalue weighted by Gasteiger charge is 2.57. The van der Waals surface area contributed by atoms with Gasteiger partial charge in [0.05, 0.1) is 26.4 Å². The van der Waals surface area contributed by atoms with Gasteiger partial charge in [0.15, 0.2) is 0 Å². The Balaban J connectivity index is 1.65. The van der Waals surface area contributed by atoms with Crippen molar-refractivity contribution in [3.05, 3.63) is 59.8 Å². The number of benzene rings is 1. The van der Waals surface area contributed by atoms with Gasteiger partial charge in [0.1, 0.15) is 17.9 Å². The van der Waals surface area contributed by atoms with Gasteiger partial charge in [0, 0.05) is 54.4 Å². The number of nitrogens with zero attached hydrogens (tertiary/aromatic N) is 2. The van der Waals surface area contributed by atoms with E-state index >= 15 is 0 Å². The van der Waals surface area contributed by atoms with E-state index in [0.717, 1.165) is 12.8 Å². The van der Waals surface area contributed by atoms with Crippen molar-refractivity contribution in [2.24, 2.45) is 35.0 Å². The molecular weight excluding hydrogens is 686 g/mol. The standard InChI is InChI=1S/C42H65N5O7/c1-24(2)17-32(22-46(9)10)44-37(51)16-15-29(18-25(3)43-28(6)50)33-14-12-13-30(40(33)53-11)21-47-39(38(27(5)49)36(23-48)54-47)41(52)45-35-20-31-19-34(26(35)4)42(31,7)8/h12-16,18,24,26-27,31-32,34-36,38-39,48-49H,3,17,19-23H2,1-2,4-11H3,(H,43,50)(H,44,51)(H,45,52)/b16-15+,29-18+/t26-,27-,31+,32-,34-,35-,36-,38+,39-/m0/s1. The second-order valence-corrected chi connectivity index (χ2v) is 17.0. The summed E-state index contributed by atoms with van der Waals surface area (Å²) in [5.74, 6) is 0.768. The second kappa shape index (κ2) is 18.4. The smallest absolute Gasteiger partial charge is 0.244 e. The minimum atomic E-state index is -0.935. The quantitative estimate of drug-likeness (QED) is 0.117. The fraction of sp³-hybridized carbons (Fsp3) is 0.643. The lowest BCUT2D eigenvalue weighted by molar-refractivity contribution is -0.183. The molecule has 9 atom stereocenters. The number of likely N-dealkylation sites (N-methyl/N-ethyl adjacent to an activating group) is 1. The van der Waals surface area contributed by atoms with Gasteiger partial charge in [-0.2, -0.15) is 5.06 Å². The fourth-order valence-corrected chi connectivity index (χ4v) is 9.10. The SMILES string of the molecule is C=C(/C=C(\C=C\C(=O)N[C@@H](CC(C)C)CN(C)C)c1cccc(CN2O[C@@H](CO)[C@@H]([C@H](C)O)[C@H]2C(=O)N[C@H]2C[C@H]3C[C@@H]([C@@H]2C)C3(C)C)c1OC)NC(C)=O. The van der Waals surface area contributed by atoms with Crippen molar-refractivity contribution >= 4 is 23.3 Å². The number of methoxy groups -OCH3 is 1. The maximum Gasteiger partial charge on any atom is 0.244 e. The van der Waals surface area contributed by atoms with E-state index in [1.807, 2.05) is 37.2 Å². The van der Waals surface area contributed by atoms with Crippen molar-refractivity contribution in [3.63, 3.8) is 0 Å². The second-order valence-electron chi connectivity index (χ2n) is 17.0. The number of hydrogen-bond donors (Lipinski definition) is 5. The molecule has 4 fully saturated rings. The first-order valence-corrected chi connectivity index (χ1v) is 19.4. The van der Waals surface area contributed by atoms with Crippen LogP contribution in [0.2, 0.25) is 0 Å². The number of aliphatic hydroxyl groups is 2. The first-order chi connectivity index (χ1) is 25.4. The largest absolute Gasteiger partial charge is 0.496 e. The summed E-state index contributed by atoms with van der Waals surface area (Å²) in [6.07, 6.45) is 5.97. The first-order valence-electron chi connectivity index (χ1n) is 19.4. The Labute approximate surface area is 322 Å². The number of fused-ring (bicyclic) bond motifs is 2. The summed E-state index contributed by atoms with van der Waals surface area (Å²) in [5.41, 5.74) is 2.42. The molecule has 3 amide bonds. The lowest BCUT2D eigenvalue weighted by Crippen LogP contribution is -2.62. The van der Waals surface area contributed by atoms with Crippen LogP contribution in [0.3, 0.4) is 0 Å². The number of aliphatic hydroxyl groups excluding tert-OH is 2. The minimum Gasteiger partial charge on any atom is -0.496 e. The summed E-state index contributed by atoms with van der Waals surface area (Å²) in [4.78, 5) is 47.7. The molecule has 3 saturated carbocycles. The molecule has 0 spiro atoms. The number of rotatable bonds is 17. The maximum absolute atomic E-state index is 14.2. The molecule has 2 bridgehead atoms. The molecule has 12 nitrogen and oxygen atoms in total. The molecule has 5 N–H and O–H groups in total. The Kier molecular flexibility index (Phi) is 14.7. The molecule has 300 valence electrons. The number of carbonyl (C=O) groups is 3. The predicted molar refractivity (Wildman–Crippen MR) is 211 cm³/mol. The van der Waals surface area contributed by atoms with E-state index in [1.165, 1.54) is 26.5 Å². The summed E-state index contributed by atoms with van der Waals surface area (Å²) >= 11 is 0. The van der Waals surface area contributed by atoms with Gasteiger partial charge in [-0.25, -0.2) is 0 Å². The molecule has 1 aromatic rings. The van der Waals surface area contributed by atoms with Gasteiger partial charge in [-0.05, 0) is 87.1 Å². The van der Waals surface area contributed by atoms with Crippen molar-refractivity contribution < 1.29 is 34.2 Å². The molecule has 0 aromatic heterocycles. The van der Waals surface area contributed by atoms with Crippen molar-refractivity contribution in [2.45, 2.75) is 105 Å². The van der Waals surface area contributed by atoms with Crippen LogP contribution < -0.4 is 20.7 Å². The van der Waals surface area contributed by atoms with Crippen LogP contribution in [0.1, 0.15) is 78.9 Å². The van der Waals surface area contributed by atoms with Crippen molar-refractivity contribution in [2.75, 3.05) is 34.4 Å². The first kappa shape index (κ1) is 43.2. The third-order valence-electron chi connectivity index (χ3n) is 11.8. The van der Waals surface area contributed by atoms with Gasteiger partial charge >= 0.3 is 0 Å². The number of nitrogens with one attached hydrogen (secondary N) is 3. The van der Waals surface area contributed by atoms with Crippen LogP contribution in [0.4, 0.5) is 0 Å². The Morgan fingerprint density at radius 2 is 1.87 bits per heavy atom. The molecule has 0 radical (unpaired) electrons. The molecule has 3 aliphatic carbocycles. The third kappa shape index (κ3) is 10.2. The molecule has 5 rings (SSSR count). The number of allylic oxidation sites excluding steroid dienone is 3. The summed E-state index contributed by atoms with van der Waals surface area (Å²) in [7, 11) is 5.48. The van der Waals surface area contributed by atoms with Gasteiger partial charge in [-0.3, -0.25) is 19.2 Å². The summed E-state index contributed by atoms with van der Waals surface area (Å²) < 4.78 is 6.00. The topological polar surface area (TPSA) is 153 Å². The third-order valence-corrected chi connectivity index (χ3v) is 11.8. The Morgan fingerprint density at radius 3 is 2.43 bits per heavy atom. The maximum atomic E-state index is 14.2. The molecule has 0 unspecified atom stereocenters. The van der Waals surface area contributed by atoms with E-state index in [0.29, 0.717) is 58.4 Å². The lowest BCUT2D eigenvalue weighted by Gasteiger charge is -2.62. The van der Waals surface area contributed by atoms with E-state index in [-0.39, 0.29) is 48.4 Å². The number of hydroxylamine groups is 2. The van der Waals surface area contributed by atoms with Crippen LogP contribution in [0.25, 0.3) is 5.57 Å². The highest BCUT2D eigenvalue weighted by Crippen LogP contribution is 2.61. The molecule has 54 heavy (non-hydrogen) atoms. The van der Waals surface area contributed by atoms with E-state index in [4.69, 9.17) is 9.57 Å². The molecule has 12 heteroatoms. The van der Waals surface area contributed by atoms with E-state index in [2.05, 4.69) is 57.1 Å². The van der Waals surface area contributed by atoms with E-state index in [9.17, 15) is 24.6 Å². The van der Waals surface area contributed by atoms with Gasteiger partial charge in [0.2, 0.25) is 17.7 Å². The van der Waals surface area contributed by atoms with E-state index < -0.39 is 24.2 Å². The zero-order valence-electron chi connectivity index (χ0n) is 34.0. The van der Waals surface area contributed by atoms with Gasteiger partial charge < -0.3 is 35.8 Å². The molecule has 1 aliphatic heterocycles. The fourth-order valence-electron chi connectivity index (χ4n) is 9.10. The monoisotopic (exact) mass is 751 g/mol. The summed E-state index contributed by atoms with van der Waals surface area (Å²) in [5, 5.41) is 32.0. The average Bonchev–Trinajstić information content (AvgIpc) is 3.44. The van der Waals surface area contributed by atoms with Crippen LogP contribution in [0.5, 0.6) is 5.75 Å². The molecule has 1 saturated heterocycles. The van der Waals surface area contributed by atoms with Gasteiger partial charge in [0.25, 0.3) is 0 Å². The minimum absolute atomic E-state index is 0.00809. The van der Waals surface area contributed by atoms with Crippen LogP contribution in [-0.4, -0.2) is 103 Å². The highest BCUT2D eigenvalue weighted by molar-refractivity contribution is 5.92. The normalized spacial score (nSPS) is 27.7. The zero-order valence-corrected chi connectivity index (χ0v) is 34.0.